The number of aliphatic hydroxyl groups excluding tert-OH is 1. The summed E-state index contributed by atoms with van der Waals surface area (Å²) in [5.41, 5.74) is -0.0647. The van der Waals surface area contributed by atoms with Crippen LogP contribution in [0.3, 0.4) is 0 Å². The molecule has 3 saturated carbocycles. The van der Waals surface area contributed by atoms with Crippen molar-refractivity contribution in [3.8, 4) is 0 Å². The van der Waals surface area contributed by atoms with E-state index in [1.807, 2.05) is 6.92 Å². The molecule has 5 heteroatoms. The van der Waals surface area contributed by atoms with Gasteiger partial charge in [-0.15, -0.1) is 0 Å². The molecule has 0 heterocycles. The first-order chi connectivity index (χ1) is 12.5. The Kier molecular flexibility index (Phi) is 4.09. The lowest BCUT2D eigenvalue weighted by Gasteiger charge is -2.65. The van der Waals surface area contributed by atoms with E-state index in [1.165, 1.54) is 12.5 Å². The number of aliphatic hydroxyl groups is 1. The fraction of sp³-hybridized carbons (Fsp3) is 0.818. The van der Waals surface area contributed by atoms with Gasteiger partial charge >= 0.3 is 11.9 Å². The third-order valence-electron chi connectivity index (χ3n) is 8.88. The topological polar surface area (TPSA) is 83.8 Å². The number of fused-ring (bicyclic) bond motifs is 3. The number of aliphatic carboxylic acids is 1. The molecule has 4 aliphatic carbocycles. The number of carbonyl (C=O) groups is 2. The highest BCUT2D eigenvalue weighted by Crippen LogP contribution is 2.70. The van der Waals surface area contributed by atoms with E-state index in [0.29, 0.717) is 12.8 Å². The number of hydrogen-bond acceptors (Lipinski definition) is 4. The number of carboxylic acid groups (broad SMARTS) is 1. The van der Waals surface area contributed by atoms with Crippen molar-refractivity contribution < 1.29 is 24.5 Å². The Bertz CT molecular complexity index is 713. The third-order valence-corrected chi connectivity index (χ3v) is 8.88. The molecule has 4 rings (SSSR count). The highest BCUT2D eigenvalue weighted by atomic mass is 16.5. The number of ether oxygens (including phenoxy) is 1. The minimum Gasteiger partial charge on any atom is -0.481 e. The van der Waals surface area contributed by atoms with Crippen molar-refractivity contribution in [2.75, 3.05) is 0 Å². The summed E-state index contributed by atoms with van der Waals surface area (Å²) in [5.74, 6) is -0.759. The summed E-state index contributed by atoms with van der Waals surface area (Å²) in [5, 5.41) is 21.3. The molecule has 3 fully saturated rings. The molecular weight excluding hydrogens is 344 g/mol. The fourth-order valence-electron chi connectivity index (χ4n) is 7.66. The molecule has 1 spiro atoms. The van der Waals surface area contributed by atoms with E-state index in [9.17, 15) is 19.8 Å². The third kappa shape index (κ3) is 2.39. The number of carbonyl (C=O) groups excluding carboxylic acids is 1. The average Bonchev–Trinajstić information content (AvgIpc) is 2.86. The largest absolute Gasteiger partial charge is 0.481 e. The van der Waals surface area contributed by atoms with E-state index in [0.717, 1.165) is 25.7 Å². The van der Waals surface area contributed by atoms with Crippen molar-refractivity contribution in [3.05, 3.63) is 11.6 Å². The van der Waals surface area contributed by atoms with Crippen molar-refractivity contribution in [1.29, 1.82) is 0 Å². The second-order valence-corrected chi connectivity index (χ2v) is 10.1. The van der Waals surface area contributed by atoms with Crippen LogP contribution in [0, 0.1) is 34.0 Å². The van der Waals surface area contributed by atoms with Gasteiger partial charge in [-0.3, -0.25) is 9.59 Å². The summed E-state index contributed by atoms with van der Waals surface area (Å²) in [6.07, 6.45) is 6.17. The van der Waals surface area contributed by atoms with Gasteiger partial charge in [-0.25, -0.2) is 0 Å². The van der Waals surface area contributed by atoms with E-state index in [2.05, 4.69) is 19.9 Å². The Labute approximate surface area is 161 Å². The molecule has 0 aromatic heterocycles. The van der Waals surface area contributed by atoms with Gasteiger partial charge in [0.2, 0.25) is 0 Å². The van der Waals surface area contributed by atoms with E-state index in [1.54, 1.807) is 0 Å². The maximum Gasteiger partial charge on any atom is 0.309 e. The molecule has 0 aliphatic heterocycles. The normalized spacial score (nSPS) is 51.0. The molecule has 0 saturated heterocycles. The van der Waals surface area contributed by atoms with Crippen LogP contribution in [0.2, 0.25) is 0 Å². The highest BCUT2D eigenvalue weighted by molar-refractivity contribution is 5.75. The Balaban J connectivity index is 1.80. The summed E-state index contributed by atoms with van der Waals surface area (Å²) in [4.78, 5) is 23.9. The summed E-state index contributed by atoms with van der Waals surface area (Å²) in [6, 6.07) is 0. The molecule has 0 radical (unpaired) electrons. The molecule has 27 heavy (non-hydrogen) atoms. The minimum absolute atomic E-state index is 0.0642. The van der Waals surface area contributed by atoms with E-state index in [-0.39, 0.29) is 40.7 Å². The monoisotopic (exact) mass is 376 g/mol. The molecule has 150 valence electrons. The molecule has 0 aromatic rings. The first kappa shape index (κ1) is 19.0. The van der Waals surface area contributed by atoms with E-state index >= 15 is 0 Å². The number of rotatable bonds is 2. The number of hydrogen-bond donors (Lipinski definition) is 2. The molecule has 2 bridgehead atoms. The van der Waals surface area contributed by atoms with Gasteiger partial charge in [-0.2, -0.15) is 0 Å². The maximum atomic E-state index is 12.2. The Morgan fingerprint density at radius 2 is 1.89 bits per heavy atom. The zero-order valence-electron chi connectivity index (χ0n) is 16.8. The van der Waals surface area contributed by atoms with Crippen LogP contribution >= 0.6 is 0 Å². The molecule has 4 aliphatic rings. The zero-order valence-corrected chi connectivity index (χ0v) is 16.8. The van der Waals surface area contributed by atoms with Gasteiger partial charge in [0.15, 0.2) is 0 Å². The van der Waals surface area contributed by atoms with Gasteiger partial charge in [-0.05, 0) is 63.2 Å². The van der Waals surface area contributed by atoms with Gasteiger partial charge in [0, 0.05) is 18.3 Å². The Morgan fingerprint density at radius 1 is 1.19 bits per heavy atom. The highest BCUT2D eigenvalue weighted by Gasteiger charge is 2.68. The van der Waals surface area contributed by atoms with Crippen LogP contribution in [0.4, 0.5) is 0 Å². The van der Waals surface area contributed by atoms with Crippen LogP contribution < -0.4 is 0 Å². The summed E-state index contributed by atoms with van der Waals surface area (Å²) < 4.78 is 5.72. The van der Waals surface area contributed by atoms with Crippen molar-refractivity contribution >= 4 is 11.9 Å². The van der Waals surface area contributed by atoms with Gasteiger partial charge in [0.25, 0.3) is 0 Å². The first-order valence-corrected chi connectivity index (χ1v) is 10.3. The van der Waals surface area contributed by atoms with Crippen LogP contribution in [-0.2, 0) is 14.3 Å². The summed E-state index contributed by atoms with van der Waals surface area (Å²) in [6.45, 7) is 7.65. The predicted octanol–water partition coefficient (Wildman–Crippen LogP) is 3.55. The lowest BCUT2D eigenvalue weighted by atomic mass is 9.40. The quantitative estimate of drug-likeness (QED) is 0.569. The van der Waals surface area contributed by atoms with Crippen LogP contribution in [0.25, 0.3) is 0 Å². The van der Waals surface area contributed by atoms with Crippen LogP contribution in [0.1, 0.15) is 66.2 Å². The molecule has 5 nitrogen and oxygen atoms in total. The smallest absolute Gasteiger partial charge is 0.309 e. The molecule has 0 amide bonds. The Hall–Kier alpha value is -1.36. The van der Waals surface area contributed by atoms with Crippen LogP contribution in [-0.4, -0.2) is 34.4 Å². The number of esters is 1. The lowest BCUT2D eigenvalue weighted by Crippen LogP contribution is -2.64. The van der Waals surface area contributed by atoms with Gasteiger partial charge in [0.1, 0.15) is 6.10 Å². The van der Waals surface area contributed by atoms with E-state index < -0.39 is 17.5 Å². The maximum absolute atomic E-state index is 12.2. The SMILES string of the molecule is CC(=O)OC1CC2C3(C)CCCC(C)(C(=O)O)C3CC(O)C23C=C(C)C1C3. The van der Waals surface area contributed by atoms with Gasteiger partial charge < -0.3 is 14.9 Å². The molecule has 0 aromatic carbocycles. The molecule has 8 atom stereocenters. The van der Waals surface area contributed by atoms with Crippen molar-refractivity contribution in [2.45, 2.75) is 78.4 Å². The number of carboxylic acids is 1. The van der Waals surface area contributed by atoms with Crippen LogP contribution in [0.5, 0.6) is 0 Å². The molecule has 2 N–H and O–H groups in total. The average molecular weight is 376 g/mol. The molecular formula is C22H32O5. The van der Waals surface area contributed by atoms with Gasteiger partial charge in [-0.1, -0.05) is 25.0 Å². The first-order valence-electron chi connectivity index (χ1n) is 10.3. The zero-order chi connectivity index (χ0) is 19.8. The van der Waals surface area contributed by atoms with Gasteiger partial charge in [0.05, 0.1) is 11.5 Å². The lowest BCUT2D eigenvalue weighted by molar-refractivity contribution is -0.211. The minimum atomic E-state index is -0.805. The second-order valence-electron chi connectivity index (χ2n) is 10.1. The predicted molar refractivity (Wildman–Crippen MR) is 99.8 cm³/mol. The standard InChI is InChI=1S/C22H32O5/c1-12-10-22-11-14(12)15(27-13(2)23)8-17(22)20(3)6-5-7-21(4,19(25)26)16(20)9-18(22)24/h10,14-18,24H,5-9,11H2,1-4H3,(H,25,26). The van der Waals surface area contributed by atoms with Crippen molar-refractivity contribution in [3.63, 3.8) is 0 Å². The van der Waals surface area contributed by atoms with Crippen molar-refractivity contribution in [1.82, 2.24) is 0 Å². The fourth-order valence-corrected chi connectivity index (χ4v) is 7.66. The molecule has 8 unspecified atom stereocenters. The summed E-state index contributed by atoms with van der Waals surface area (Å²) >= 11 is 0. The van der Waals surface area contributed by atoms with Crippen LogP contribution in [0.15, 0.2) is 11.6 Å². The van der Waals surface area contributed by atoms with E-state index in [4.69, 9.17) is 4.74 Å². The second kappa shape index (κ2) is 5.82. The van der Waals surface area contributed by atoms with Crippen molar-refractivity contribution in [2.24, 2.45) is 34.0 Å². The summed E-state index contributed by atoms with van der Waals surface area (Å²) in [7, 11) is 0. The Morgan fingerprint density at radius 3 is 2.52 bits per heavy atom.